The van der Waals surface area contributed by atoms with E-state index in [1.165, 1.54) is 19.2 Å². The van der Waals surface area contributed by atoms with Crippen LogP contribution in [0.25, 0.3) is 22.3 Å². The van der Waals surface area contributed by atoms with Crippen molar-refractivity contribution in [1.29, 1.82) is 0 Å². The summed E-state index contributed by atoms with van der Waals surface area (Å²) in [6, 6.07) is 10.8. The van der Waals surface area contributed by atoms with Crippen LogP contribution in [0.3, 0.4) is 0 Å². The maximum Gasteiger partial charge on any atom is 0.336 e. The van der Waals surface area contributed by atoms with Crippen molar-refractivity contribution in [3.05, 3.63) is 53.8 Å². The van der Waals surface area contributed by atoms with Gasteiger partial charge in [-0.15, -0.1) is 0 Å². The fourth-order valence-corrected chi connectivity index (χ4v) is 2.20. The highest BCUT2D eigenvalue weighted by atomic mass is 19.1. The number of para-hydroxylation sites is 1. The molecule has 3 rings (SSSR count). The summed E-state index contributed by atoms with van der Waals surface area (Å²) in [7, 11) is 1.46. The molecule has 0 bridgehead atoms. The Bertz CT molecular complexity index is 835. The average molecular weight is 286 g/mol. The van der Waals surface area contributed by atoms with Gasteiger partial charge < -0.3 is 14.3 Å². The van der Waals surface area contributed by atoms with Crippen LogP contribution in [0.15, 0.2) is 46.9 Å². The lowest BCUT2D eigenvalue weighted by Gasteiger charge is -2.06. The van der Waals surface area contributed by atoms with E-state index in [0.717, 1.165) is 0 Å². The number of fused-ring (bicyclic) bond motifs is 1. The number of carboxylic acid groups (broad SMARTS) is 1. The number of rotatable bonds is 3. The molecule has 0 atom stereocenters. The maximum atomic E-state index is 13.7. The third kappa shape index (κ3) is 2.23. The first kappa shape index (κ1) is 13.2. The molecule has 0 saturated carbocycles. The van der Waals surface area contributed by atoms with Crippen LogP contribution in [0.5, 0.6) is 5.75 Å². The molecular weight excluding hydrogens is 275 g/mol. The number of furan rings is 1. The second kappa shape index (κ2) is 4.94. The van der Waals surface area contributed by atoms with E-state index in [4.69, 9.17) is 9.15 Å². The number of halogens is 1. The van der Waals surface area contributed by atoms with E-state index >= 15 is 0 Å². The van der Waals surface area contributed by atoms with Crippen LogP contribution < -0.4 is 4.74 Å². The van der Waals surface area contributed by atoms with Crippen LogP contribution in [0, 0.1) is 5.82 Å². The number of aromatic carboxylic acids is 1. The van der Waals surface area contributed by atoms with Crippen LogP contribution in [0.4, 0.5) is 4.39 Å². The fraction of sp³-hybridized carbons (Fsp3) is 0.0625. The van der Waals surface area contributed by atoms with Crippen molar-refractivity contribution in [2.24, 2.45) is 0 Å². The molecule has 2 aromatic carbocycles. The van der Waals surface area contributed by atoms with Crippen molar-refractivity contribution in [1.82, 2.24) is 0 Å². The number of methoxy groups -OCH3 is 1. The molecule has 0 saturated heterocycles. The monoisotopic (exact) mass is 286 g/mol. The Hall–Kier alpha value is -2.82. The van der Waals surface area contributed by atoms with Crippen molar-refractivity contribution >= 4 is 16.9 Å². The molecule has 0 fully saturated rings. The smallest absolute Gasteiger partial charge is 0.336 e. The second-order valence-corrected chi connectivity index (χ2v) is 4.49. The van der Waals surface area contributed by atoms with Gasteiger partial charge in [0.1, 0.15) is 11.5 Å². The van der Waals surface area contributed by atoms with E-state index in [1.807, 2.05) is 0 Å². The van der Waals surface area contributed by atoms with Gasteiger partial charge >= 0.3 is 5.97 Å². The minimum Gasteiger partial charge on any atom is -0.497 e. The number of hydrogen-bond acceptors (Lipinski definition) is 3. The van der Waals surface area contributed by atoms with Gasteiger partial charge in [0.15, 0.2) is 11.4 Å². The van der Waals surface area contributed by atoms with Gasteiger partial charge in [0.05, 0.1) is 12.7 Å². The van der Waals surface area contributed by atoms with E-state index in [9.17, 15) is 14.3 Å². The first-order valence-corrected chi connectivity index (χ1v) is 6.20. The third-order valence-corrected chi connectivity index (χ3v) is 3.22. The number of carbonyl (C=O) groups is 1. The number of carboxylic acids is 1. The van der Waals surface area contributed by atoms with Crippen molar-refractivity contribution in [2.45, 2.75) is 0 Å². The summed E-state index contributed by atoms with van der Waals surface area (Å²) in [4.78, 5) is 11.4. The highest BCUT2D eigenvalue weighted by Gasteiger charge is 2.17. The Morgan fingerprint density at radius 2 is 2.05 bits per heavy atom. The van der Waals surface area contributed by atoms with Gasteiger partial charge in [-0.25, -0.2) is 9.18 Å². The topological polar surface area (TPSA) is 59.7 Å². The molecule has 0 spiro atoms. The average Bonchev–Trinajstić information content (AvgIpc) is 2.92. The molecule has 0 aliphatic heterocycles. The van der Waals surface area contributed by atoms with E-state index in [0.29, 0.717) is 22.5 Å². The summed E-state index contributed by atoms with van der Waals surface area (Å²) in [5.74, 6) is -0.859. The van der Waals surface area contributed by atoms with E-state index in [1.54, 1.807) is 30.3 Å². The standard InChI is InChI=1S/C16H11FO4/c1-20-10-5-6-11(12(8-10)16(18)19)14-7-9-3-2-4-13(17)15(9)21-14/h2-8H,1H3,(H,18,19). The Balaban J connectivity index is 2.22. The Kier molecular flexibility index (Phi) is 3.10. The summed E-state index contributed by atoms with van der Waals surface area (Å²) in [6.07, 6.45) is 0. The van der Waals surface area contributed by atoms with Gasteiger partial charge in [-0.3, -0.25) is 0 Å². The molecule has 3 aromatic rings. The molecule has 0 radical (unpaired) electrons. The zero-order chi connectivity index (χ0) is 15.0. The first-order chi connectivity index (χ1) is 10.1. The molecule has 1 N–H and O–H groups in total. The van der Waals surface area contributed by atoms with E-state index < -0.39 is 11.8 Å². The summed E-state index contributed by atoms with van der Waals surface area (Å²) in [6.45, 7) is 0. The summed E-state index contributed by atoms with van der Waals surface area (Å²) in [5, 5.41) is 9.89. The number of ether oxygens (including phenoxy) is 1. The third-order valence-electron chi connectivity index (χ3n) is 3.22. The SMILES string of the molecule is COc1ccc(-c2cc3cccc(F)c3o2)c(C(=O)O)c1. The molecule has 4 nitrogen and oxygen atoms in total. The normalized spacial score (nSPS) is 10.8. The van der Waals surface area contributed by atoms with Crippen molar-refractivity contribution in [2.75, 3.05) is 7.11 Å². The highest BCUT2D eigenvalue weighted by Crippen LogP contribution is 2.33. The molecule has 21 heavy (non-hydrogen) atoms. The largest absolute Gasteiger partial charge is 0.497 e. The molecule has 1 heterocycles. The molecule has 0 unspecified atom stereocenters. The Morgan fingerprint density at radius 3 is 2.71 bits per heavy atom. The quantitative estimate of drug-likeness (QED) is 0.792. The van der Waals surface area contributed by atoms with Gasteiger partial charge in [-0.1, -0.05) is 12.1 Å². The Morgan fingerprint density at radius 1 is 1.24 bits per heavy atom. The lowest BCUT2D eigenvalue weighted by molar-refractivity contribution is 0.0697. The molecule has 0 amide bonds. The van der Waals surface area contributed by atoms with Crippen molar-refractivity contribution in [3.8, 4) is 17.1 Å². The maximum absolute atomic E-state index is 13.7. The minimum absolute atomic E-state index is 0.0359. The molecule has 0 aliphatic rings. The predicted octanol–water partition coefficient (Wildman–Crippen LogP) is 3.95. The van der Waals surface area contributed by atoms with Gasteiger partial charge in [-0.2, -0.15) is 0 Å². The summed E-state index contributed by atoms with van der Waals surface area (Å²) in [5.41, 5.74) is 0.521. The van der Waals surface area contributed by atoms with Crippen LogP contribution in [0.2, 0.25) is 0 Å². The van der Waals surface area contributed by atoms with Gasteiger partial charge in [0.2, 0.25) is 0 Å². The molecular formula is C16H11FO4. The summed E-state index contributed by atoms with van der Waals surface area (Å²) >= 11 is 0. The first-order valence-electron chi connectivity index (χ1n) is 6.20. The van der Waals surface area contributed by atoms with Crippen LogP contribution in [-0.4, -0.2) is 18.2 Å². The summed E-state index contributed by atoms with van der Waals surface area (Å²) < 4.78 is 24.2. The zero-order valence-electron chi connectivity index (χ0n) is 11.1. The van der Waals surface area contributed by atoms with E-state index in [-0.39, 0.29) is 11.1 Å². The van der Waals surface area contributed by atoms with Gasteiger partial charge in [0.25, 0.3) is 0 Å². The van der Waals surface area contributed by atoms with Gasteiger partial charge in [-0.05, 0) is 30.3 Å². The van der Waals surface area contributed by atoms with Crippen molar-refractivity contribution < 1.29 is 23.4 Å². The lowest BCUT2D eigenvalue weighted by atomic mass is 10.0. The zero-order valence-corrected chi connectivity index (χ0v) is 11.1. The van der Waals surface area contributed by atoms with Crippen LogP contribution in [0.1, 0.15) is 10.4 Å². The predicted molar refractivity (Wildman–Crippen MR) is 75.1 cm³/mol. The van der Waals surface area contributed by atoms with Crippen molar-refractivity contribution in [3.63, 3.8) is 0 Å². The Labute approximate surface area is 119 Å². The molecule has 5 heteroatoms. The minimum atomic E-state index is -1.11. The van der Waals surface area contributed by atoms with Crippen LogP contribution in [-0.2, 0) is 0 Å². The molecule has 0 aliphatic carbocycles. The van der Waals surface area contributed by atoms with Gasteiger partial charge in [0, 0.05) is 10.9 Å². The highest BCUT2D eigenvalue weighted by molar-refractivity contribution is 5.97. The van der Waals surface area contributed by atoms with Crippen LogP contribution >= 0.6 is 0 Å². The molecule has 1 aromatic heterocycles. The van der Waals surface area contributed by atoms with E-state index in [2.05, 4.69) is 0 Å². The lowest BCUT2D eigenvalue weighted by Crippen LogP contribution is -2.00. The fourth-order valence-electron chi connectivity index (χ4n) is 2.20. The number of benzene rings is 2. The molecule has 106 valence electrons. The second-order valence-electron chi connectivity index (χ2n) is 4.49. The number of hydrogen-bond donors (Lipinski definition) is 1.